The number of thiophene rings is 1. The van der Waals surface area contributed by atoms with Crippen LogP contribution >= 0.6 is 11.3 Å². The zero-order chi connectivity index (χ0) is 19.8. The zero-order valence-corrected chi connectivity index (χ0v) is 18.2. The molecule has 0 aromatic carbocycles. The fraction of sp³-hybridized carbons (Fsp3) is 0.667. The Bertz CT molecular complexity index is 715. The van der Waals surface area contributed by atoms with E-state index in [0.29, 0.717) is 18.6 Å². The molecule has 0 bridgehead atoms. The minimum absolute atomic E-state index is 0.301. The maximum absolute atomic E-state index is 4.91. The van der Waals surface area contributed by atoms with Gasteiger partial charge in [0.15, 0.2) is 5.96 Å². The van der Waals surface area contributed by atoms with E-state index in [2.05, 4.69) is 63.7 Å². The Kier molecular flexibility index (Phi) is 7.89. The van der Waals surface area contributed by atoms with Gasteiger partial charge in [0.25, 0.3) is 0 Å². The molecule has 0 spiro atoms. The van der Waals surface area contributed by atoms with Crippen LogP contribution in [0.5, 0.6) is 0 Å². The number of aliphatic imine (C=N–C) groups is 1. The molecule has 1 aliphatic carbocycles. The molecule has 0 radical (unpaired) electrons. The van der Waals surface area contributed by atoms with Crippen molar-refractivity contribution in [1.29, 1.82) is 0 Å². The van der Waals surface area contributed by atoms with Crippen molar-refractivity contribution >= 4 is 17.3 Å². The Labute approximate surface area is 172 Å². The molecule has 1 aliphatic rings. The molecule has 2 aromatic heterocycles. The van der Waals surface area contributed by atoms with Crippen LogP contribution in [0.2, 0.25) is 0 Å². The first-order chi connectivity index (χ1) is 13.7. The number of rotatable bonds is 8. The Balaban J connectivity index is 1.65. The lowest BCUT2D eigenvalue weighted by atomic mass is 9.87. The molecule has 2 aromatic rings. The van der Waals surface area contributed by atoms with Crippen LogP contribution in [0.1, 0.15) is 69.6 Å². The summed E-state index contributed by atoms with van der Waals surface area (Å²) in [7, 11) is 0. The summed E-state index contributed by atoms with van der Waals surface area (Å²) in [6.45, 7) is 8.21. The number of aryl methyl sites for hydroxylation is 1. The topological polar surface area (TPSA) is 67.1 Å². The minimum Gasteiger partial charge on any atom is -0.354 e. The lowest BCUT2D eigenvalue weighted by molar-refractivity contribution is 0.328. The van der Waals surface area contributed by atoms with Crippen molar-refractivity contribution < 1.29 is 0 Å². The van der Waals surface area contributed by atoms with Gasteiger partial charge in [0.05, 0.1) is 12.6 Å². The van der Waals surface area contributed by atoms with Crippen molar-refractivity contribution in [2.75, 3.05) is 6.54 Å². The van der Waals surface area contributed by atoms with E-state index in [9.17, 15) is 0 Å². The molecule has 0 aliphatic heterocycles. The lowest BCUT2D eigenvalue weighted by Crippen LogP contribution is -2.46. The summed E-state index contributed by atoms with van der Waals surface area (Å²) in [6, 6.07) is 5.14. The first-order valence-corrected chi connectivity index (χ1v) is 11.5. The fourth-order valence-electron chi connectivity index (χ4n) is 3.77. The molecule has 1 unspecified atom stereocenters. The molecular weight excluding hydrogens is 368 g/mol. The van der Waals surface area contributed by atoms with Crippen LogP contribution in [0.3, 0.4) is 0 Å². The van der Waals surface area contributed by atoms with Gasteiger partial charge in [0.1, 0.15) is 12.2 Å². The standard InChI is InChI=1S/C21H34N6S/c1-4-18(19-7-6-14-28-19)25-21(24-17-10-8-16(3)9-11-17)22-12-13-27-15-23-26-20(27)5-2/h6-7,14-18H,4-5,8-13H2,1-3H3,(H2,22,24,25). The summed E-state index contributed by atoms with van der Waals surface area (Å²) in [5.74, 6) is 2.80. The summed E-state index contributed by atoms with van der Waals surface area (Å²) in [5, 5.41) is 17.7. The maximum Gasteiger partial charge on any atom is 0.192 e. The normalized spacial score (nSPS) is 21.5. The molecule has 28 heavy (non-hydrogen) atoms. The van der Waals surface area contributed by atoms with E-state index >= 15 is 0 Å². The van der Waals surface area contributed by atoms with Crippen molar-refractivity contribution in [2.24, 2.45) is 10.9 Å². The highest BCUT2D eigenvalue weighted by molar-refractivity contribution is 7.10. The quantitative estimate of drug-likeness (QED) is 0.514. The second-order valence-electron chi connectivity index (χ2n) is 7.75. The summed E-state index contributed by atoms with van der Waals surface area (Å²) < 4.78 is 2.10. The summed E-state index contributed by atoms with van der Waals surface area (Å²) in [4.78, 5) is 6.27. The van der Waals surface area contributed by atoms with Crippen LogP contribution in [-0.4, -0.2) is 33.3 Å². The monoisotopic (exact) mass is 402 g/mol. The van der Waals surface area contributed by atoms with Crippen molar-refractivity contribution in [2.45, 2.75) is 77.9 Å². The molecule has 6 nitrogen and oxygen atoms in total. The number of nitrogens with one attached hydrogen (secondary N) is 2. The van der Waals surface area contributed by atoms with Gasteiger partial charge < -0.3 is 15.2 Å². The highest BCUT2D eigenvalue weighted by Gasteiger charge is 2.20. The van der Waals surface area contributed by atoms with Crippen LogP contribution in [0, 0.1) is 5.92 Å². The van der Waals surface area contributed by atoms with Gasteiger partial charge in [-0.15, -0.1) is 21.5 Å². The van der Waals surface area contributed by atoms with Crippen LogP contribution in [-0.2, 0) is 13.0 Å². The molecule has 0 saturated heterocycles. The minimum atomic E-state index is 0.301. The third kappa shape index (κ3) is 5.80. The highest BCUT2D eigenvalue weighted by Crippen LogP contribution is 2.24. The largest absolute Gasteiger partial charge is 0.354 e. The van der Waals surface area contributed by atoms with Gasteiger partial charge in [-0.2, -0.15) is 0 Å². The van der Waals surface area contributed by atoms with E-state index < -0.39 is 0 Å². The van der Waals surface area contributed by atoms with Gasteiger partial charge in [0, 0.05) is 23.9 Å². The van der Waals surface area contributed by atoms with Gasteiger partial charge in [-0.25, -0.2) is 0 Å². The van der Waals surface area contributed by atoms with Gasteiger partial charge in [-0.1, -0.05) is 26.8 Å². The number of hydrogen-bond acceptors (Lipinski definition) is 4. The Morgan fingerprint density at radius 2 is 2.14 bits per heavy atom. The highest BCUT2D eigenvalue weighted by atomic mass is 32.1. The molecule has 7 heteroatoms. The molecule has 1 atom stereocenters. The smallest absolute Gasteiger partial charge is 0.192 e. The maximum atomic E-state index is 4.91. The van der Waals surface area contributed by atoms with E-state index in [0.717, 1.165) is 37.1 Å². The molecule has 2 N–H and O–H groups in total. The molecule has 2 heterocycles. The van der Waals surface area contributed by atoms with Crippen LogP contribution < -0.4 is 10.6 Å². The SMILES string of the molecule is CCc1nncn1CCN=C(NC1CCC(C)CC1)NC(CC)c1cccs1. The van der Waals surface area contributed by atoms with E-state index in [4.69, 9.17) is 4.99 Å². The van der Waals surface area contributed by atoms with Crippen LogP contribution in [0.15, 0.2) is 28.8 Å². The van der Waals surface area contributed by atoms with Crippen molar-refractivity contribution in [3.05, 3.63) is 34.5 Å². The predicted molar refractivity (Wildman–Crippen MR) is 117 cm³/mol. The number of aromatic nitrogens is 3. The van der Waals surface area contributed by atoms with Crippen molar-refractivity contribution in [3.8, 4) is 0 Å². The first-order valence-electron chi connectivity index (χ1n) is 10.7. The number of guanidine groups is 1. The van der Waals surface area contributed by atoms with E-state index in [1.165, 1.54) is 30.6 Å². The Hall–Kier alpha value is -1.89. The van der Waals surface area contributed by atoms with Gasteiger partial charge in [-0.05, 0) is 49.5 Å². The van der Waals surface area contributed by atoms with E-state index in [-0.39, 0.29) is 0 Å². The van der Waals surface area contributed by atoms with E-state index in [1.807, 2.05) is 0 Å². The summed E-state index contributed by atoms with van der Waals surface area (Å²) in [6.07, 6.45) is 8.78. The van der Waals surface area contributed by atoms with Gasteiger partial charge in [-0.3, -0.25) is 4.99 Å². The summed E-state index contributed by atoms with van der Waals surface area (Å²) >= 11 is 1.80. The molecule has 1 fully saturated rings. The number of nitrogens with zero attached hydrogens (tertiary/aromatic N) is 4. The van der Waals surface area contributed by atoms with Crippen molar-refractivity contribution in [3.63, 3.8) is 0 Å². The van der Waals surface area contributed by atoms with Crippen LogP contribution in [0.25, 0.3) is 0 Å². The Morgan fingerprint density at radius 3 is 2.82 bits per heavy atom. The second-order valence-corrected chi connectivity index (χ2v) is 8.73. The van der Waals surface area contributed by atoms with Gasteiger partial charge >= 0.3 is 0 Å². The molecule has 0 amide bonds. The average Bonchev–Trinajstić information content (AvgIpc) is 3.39. The average molecular weight is 403 g/mol. The van der Waals surface area contributed by atoms with Gasteiger partial charge in [0.2, 0.25) is 0 Å². The molecule has 3 rings (SSSR count). The number of hydrogen-bond donors (Lipinski definition) is 2. The lowest BCUT2D eigenvalue weighted by Gasteiger charge is -2.29. The Morgan fingerprint density at radius 1 is 1.32 bits per heavy atom. The van der Waals surface area contributed by atoms with Crippen LogP contribution in [0.4, 0.5) is 0 Å². The van der Waals surface area contributed by atoms with Crippen molar-refractivity contribution in [1.82, 2.24) is 25.4 Å². The second kappa shape index (κ2) is 10.6. The third-order valence-electron chi connectivity index (χ3n) is 5.59. The molecule has 154 valence electrons. The predicted octanol–water partition coefficient (Wildman–Crippen LogP) is 4.17. The van der Waals surface area contributed by atoms with E-state index in [1.54, 1.807) is 17.7 Å². The zero-order valence-electron chi connectivity index (χ0n) is 17.4. The molecular formula is C21H34N6S. The molecule has 1 saturated carbocycles. The third-order valence-corrected chi connectivity index (χ3v) is 6.57. The summed E-state index contributed by atoms with van der Waals surface area (Å²) in [5.41, 5.74) is 0. The first kappa shape index (κ1) is 20.8. The fourth-order valence-corrected chi connectivity index (χ4v) is 4.63.